The van der Waals surface area contributed by atoms with Crippen LogP contribution in [-0.2, 0) is 4.74 Å². The van der Waals surface area contributed by atoms with Gasteiger partial charge in [-0.2, -0.15) is 0 Å². The Morgan fingerprint density at radius 1 is 0.792 bits per heavy atom. The molecule has 2 fully saturated rings. The summed E-state index contributed by atoms with van der Waals surface area (Å²) in [5, 5.41) is 0. The lowest BCUT2D eigenvalue weighted by Gasteiger charge is -2.38. The number of hydrogen-bond donors (Lipinski definition) is 0. The molecular weight excluding hydrogens is 313 g/mol. The van der Waals surface area contributed by atoms with Gasteiger partial charge in [0, 0.05) is 0 Å². The number of ether oxygens (including phenoxy) is 1. The zero-order valence-corrected chi connectivity index (χ0v) is 14.3. The molecule has 0 aromatic heterocycles. The number of benzene rings is 1. The molecule has 0 N–H and O–H groups in total. The van der Waals surface area contributed by atoms with Crippen LogP contribution in [0.2, 0.25) is 0 Å². The van der Waals surface area contributed by atoms with Crippen LogP contribution in [0.3, 0.4) is 0 Å². The zero-order valence-electron chi connectivity index (χ0n) is 14.3. The second kappa shape index (κ2) is 7.47. The van der Waals surface area contributed by atoms with Crippen molar-refractivity contribution in [1.82, 2.24) is 0 Å². The van der Waals surface area contributed by atoms with Crippen molar-refractivity contribution in [2.75, 3.05) is 0 Å². The van der Waals surface area contributed by atoms with E-state index < -0.39 is 12.5 Å². The Morgan fingerprint density at radius 3 is 1.79 bits per heavy atom. The van der Waals surface area contributed by atoms with Gasteiger partial charge in [0.1, 0.15) is 0 Å². The third-order valence-corrected chi connectivity index (χ3v) is 6.01. The quantitative estimate of drug-likeness (QED) is 0.622. The van der Waals surface area contributed by atoms with Gasteiger partial charge in [-0.1, -0.05) is 29.8 Å². The highest BCUT2D eigenvalue weighted by molar-refractivity contribution is 5.24. The van der Waals surface area contributed by atoms with E-state index in [4.69, 9.17) is 0 Å². The molecule has 0 heterocycles. The minimum Gasteiger partial charge on any atom is -0.289 e. The Balaban J connectivity index is 1.45. The van der Waals surface area contributed by atoms with Gasteiger partial charge in [-0.05, 0) is 81.6 Å². The summed E-state index contributed by atoms with van der Waals surface area (Å²) in [7, 11) is 0. The van der Waals surface area contributed by atoms with Gasteiger partial charge in [-0.3, -0.25) is 4.74 Å². The molecule has 0 aliphatic heterocycles. The van der Waals surface area contributed by atoms with E-state index in [1.165, 1.54) is 36.8 Å². The highest BCUT2D eigenvalue weighted by atomic mass is 19.4. The summed E-state index contributed by atoms with van der Waals surface area (Å²) in [6.07, 6.45) is 2.65. The van der Waals surface area contributed by atoms with Gasteiger partial charge >= 0.3 is 6.36 Å². The van der Waals surface area contributed by atoms with E-state index in [0.29, 0.717) is 30.6 Å². The summed E-state index contributed by atoms with van der Waals surface area (Å²) in [6, 6.07) is 8.87. The van der Waals surface area contributed by atoms with Gasteiger partial charge in [-0.15, -0.1) is 13.2 Å². The smallest absolute Gasteiger partial charge is 0.289 e. The highest BCUT2D eigenvalue weighted by Crippen LogP contribution is 2.43. The summed E-state index contributed by atoms with van der Waals surface area (Å²) in [5.74, 6) is 1.95. The molecule has 24 heavy (non-hydrogen) atoms. The molecule has 2 aliphatic carbocycles. The molecule has 2 aliphatic rings. The normalized spacial score (nSPS) is 31.8. The Labute approximate surface area is 142 Å². The van der Waals surface area contributed by atoms with Crippen molar-refractivity contribution in [2.24, 2.45) is 11.8 Å². The van der Waals surface area contributed by atoms with Crippen molar-refractivity contribution >= 4 is 0 Å². The number of rotatable bonds is 3. The van der Waals surface area contributed by atoms with Gasteiger partial charge in [0.2, 0.25) is 0 Å². The van der Waals surface area contributed by atoms with Gasteiger partial charge in [-0.25, -0.2) is 0 Å². The summed E-state index contributed by atoms with van der Waals surface area (Å²) >= 11 is 0. The minimum atomic E-state index is -4.48. The predicted octanol–water partition coefficient (Wildman–Crippen LogP) is 6.36. The highest BCUT2D eigenvalue weighted by Gasteiger charge is 2.37. The molecule has 1 aromatic rings. The third kappa shape index (κ3) is 4.75. The summed E-state index contributed by atoms with van der Waals surface area (Å²) in [6.45, 7) is 2.11. The van der Waals surface area contributed by atoms with Crippen molar-refractivity contribution in [2.45, 2.75) is 76.7 Å². The monoisotopic (exact) mass is 340 g/mol. The van der Waals surface area contributed by atoms with Gasteiger partial charge in [0.15, 0.2) is 0 Å². The van der Waals surface area contributed by atoms with Crippen molar-refractivity contribution in [3.8, 4) is 0 Å². The molecular formula is C20H27F3O. The molecule has 0 radical (unpaired) electrons. The Kier molecular flexibility index (Phi) is 5.53. The van der Waals surface area contributed by atoms with Gasteiger partial charge < -0.3 is 0 Å². The fraction of sp³-hybridized carbons (Fsp3) is 0.700. The zero-order chi connectivity index (χ0) is 17.2. The lowest BCUT2D eigenvalue weighted by molar-refractivity contribution is -0.346. The van der Waals surface area contributed by atoms with Crippen LogP contribution in [0.4, 0.5) is 13.2 Å². The van der Waals surface area contributed by atoms with E-state index >= 15 is 0 Å². The predicted molar refractivity (Wildman–Crippen MR) is 88.8 cm³/mol. The third-order valence-electron chi connectivity index (χ3n) is 6.01. The van der Waals surface area contributed by atoms with Crippen molar-refractivity contribution in [3.63, 3.8) is 0 Å². The molecule has 4 heteroatoms. The van der Waals surface area contributed by atoms with Crippen molar-refractivity contribution in [1.29, 1.82) is 0 Å². The molecule has 0 amide bonds. The van der Waals surface area contributed by atoms with E-state index in [9.17, 15) is 13.2 Å². The second-order valence-corrected chi connectivity index (χ2v) is 7.62. The summed E-state index contributed by atoms with van der Waals surface area (Å²) < 4.78 is 41.1. The molecule has 3 rings (SSSR count). The van der Waals surface area contributed by atoms with Crippen LogP contribution in [0.15, 0.2) is 24.3 Å². The van der Waals surface area contributed by atoms with E-state index in [1.807, 2.05) is 0 Å². The van der Waals surface area contributed by atoms with E-state index in [0.717, 1.165) is 12.8 Å². The summed E-state index contributed by atoms with van der Waals surface area (Å²) in [5.41, 5.74) is 2.74. The van der Waals surface area contributed by atoms with Crippen molar-refractivity contribution in [3.05, 3.63) is 35.4 Å². The minimum absolute atomic E-state index is 0.558. The molecule has 2 saturated carbocycles. The fourth-order valence-electron chi connectivity index (χ4n) is 4.63. The molecule has 0 atom stereocenters. The topological polar surface area (TPSA) is 9.23 Å². The molecule has 1 nitrogen and oxygen atoms in total. The molecule has 0 bridgehead atoms. The number of hydrogen-bond acceptors (Lipinski definition) is 1. The first-order valence-electron chi connectivity index (χ1n) is 9.22. The number of halogens is 3. The van der Waals surface area contributed by atoms with Crippen LogP contribution < -0.4 is 0 Å². The van der Waals surface area contributed by atoms with Crippen LogP contribution >= 0.6 is 0 Å². The lowest BCUT2D eigenvalue weighted by Crippen LogP contribution is -2.31. The molecule has 134 valence electrons. The Bertz CT molecular complexity index is 507. The van der Waals surface area contributed by atoms with Gasteiger partial charge in [0.25, 0.3) is 0 Å². The van der Waals surface area contributed by atoms with Crippen LogP contribution in [0.1, 0.15) is 68.4 Å². The molecule has 0 unspecified atom stereocenters. The first-order chi connectivity index (χ1) is 11.4. The first kappa shape index (κ1) is 17.8. The van der Waals surface area contributed by atoms with Crippen LogP contribution in [0.5, 0.6) is 0 Å². The lowest BCUT2D eigenvalue weighted by atomic mass is 9.69. The van der Waals surface area contributed by atoms with Gasteiger partial charge in [0.05, 0.1) is 6.10 Å². The van der Waals surface area contributed by atoms with Crippen molar-refractivity contribution < 1.29 is 17.9 Å². The SMILES string of the molecule is Cc1ccc(C2CCC(C3CCC(OC(F)(F)F)CC3)CC2)cc1. The average molecular weight is 340 g/mol. The Morgan fingerprint density at radius 2 is 1.29 bits per heavy atom. The number of aryl methyl sites for hydroxylation is 1. The molecule has 0 spiro atoms. The van der Waals surface area contributed by atoms with Crippen LogP contribution in [0.25, 0.3) is 0 Å². The maximum Gasteiger partial charge on any atom is 0.522 e. The number of alkyl halides is 3. The van der Waals surface area contributed by atoms with E-state index in [2.05, 4.69) is 35.9 Å². The average Bonchev–Trinajstić information content (AvgIpc) is 2.55. The second-order valence-electron chi connectivity index (χ2n) is 7.62. The fourth-order valence-corrected chi connectivity index (χ4v) is 4.63. The standard InChI is InChI=1S/C20H27F3O/c1-14-2-4-15(5-3-14)16-6-8-17(9-7-16)18-10-12-19(13-11-18)24-20(21,22)23/h2-5,16-19H,6-13H2,1H3. The first-order valence-corrected chi connectivity index (χ1v) is 9.22. The molecule has 0 saturated heterocycles. The maximum absolute atomic E-state index is 12.3. The van der Waals surface area contributed by atoms with E-state index in [-0.39, 0.29) is 0 Å². The van der Waals surface area contributed by atoms with Crippen LogP contribution in [0, 0.1) is 18.8 Å². The summed E-state index contributed by atoms with van der Waals surface area (Å²) in [4.78, 5) is 0. The van der Waals surface area contributed by atoms with Crippen LogP contribution in [-0.4, -0.2) is 12.5 Å². The van der Waals surface area contributed by atoms with E-state index in [1.54, 1.807) is 0 Å². The maximum atomic E-state index is 12.3. The largest absolute Gasteiger partial charge is 0.522 e. The Hall–Kier alpha value is -1.03. The molecule has 1 aromatic carbocycles.